The van der Waals surface area contributed by atoms with Gasteiger partial charge in [0.15, 0.2) is 11.6 Å². The molecule has 10 heteroatoms. The Morgan fingerprint density at radius 3 is 1.50 bits per heavy atom. The standard InChI is InChI=1S/C18H12Cl2F2N6/c19-13-3-1-5-15(21)11(13)9-23-25-17-7-8-18(28-27-17)26-24-10-12-14(20)4-2-6-16(12)22/h1-10H,(H,25,27)(H,26,28)/b23-9+,24-10+. The lowest BCUT2D eigenvalue weighted by Crippen LogP contribution is -2.00. The largest absolute Gasteiger partial charge is 0.260 e. The summed E-state index contributed by atoms with van der Waals surface area (Å²) in [5.41, 5.74) is 5.53. The van der Waals surface area contributed by atoms with Crippen LogP contribution in [0.15, 0.2) is 58.7 Å². The van der Waals surface area contributed by atoms with Gasteiger partial charge in [0.05, 0.1) is 22.5 Å². The van der Waals surface area contributed by atoms with E-state index in [4.69, 9.17) is 23.2 Å². The van der Waals surface area contributed by atoms with Gasteiger partial charge in [0.2, 0.25) is 0 Å². The van der Waals surface area contributed by atoms with E-state index < -0.39 is 11.6 Å². The smallest absolute Gasteiger partial charge is 0.168 e. The number of hydrogen-bond acceptors (Lipinski definition) is 6. The maximum atomic E-state index is 13.6. The first-order valence-electron chi connectivity index (χ1n) is 7.84. The number of nitrogens with zero attached hydrogens (tertiary/aromatic N) is 4. The molecule has 2 aromatic carbocycles. The van der Waals surface area contributed by atoms with Crippen molar-refractivity contribution in [2.75, 3.05) is 10.9 Å². The van der Waals surface area contributed by atoms with Gasteiger partial charge in [0, 0.05) is 11.1 Å². The number of hydrazone groups is 2. The molecule has 3 aromatic rings. The van der Waals surface area contributed by atoms with Gasteiger partial charge in [-0.1, -0.05) is 35.3 Å². The Morgan fingerprint density at radius 2 is 1.14 bits per heavy atom. The lowest BCUT2D eigenvalue weighted by molar-refractivity contribution is 0.625. The first-order valence-corrected chi connectivity index (χ1v) is 8.60. The minimum Gasteiger partial charge on any atom is -0.260 e. The fourth-order valence-electron chi connectivity index (χ4n) is 2.05. The van der Waals surface area contributed by atoms with Crippen LogP contribution in [0.2, 0.25) is 10.0 Å². The zero-order valence-electron chi connectivity index (χ0n) is 14.1. The Labute approximate surface area is 168 Å². The average Bonchev–Trinajstić information content (AvgIpc) is 2.67. The maximum absolute atomic E-state index is 13.6. The van der Waals surface area contributed by atoms with Gasteiger partial charge in [-0.15, -0.1) is 10.2 Å². The summed E-state index contributed by atoms with van der Waals surface area (Å²) >= 11 is 11.8. The highest BCUT2D eigenvalue weighted by atomic mass is 35.5. The third-order valence-corrected chi connectivity index (χ3v) is 4.07. The van der Waals surface area contributed by atoms with Crippen molar-refractivity contribution in [2.24, 2.45) is 10.2 Å². The summed E-state index contributed by atoms with van der Waals surface area (Å²) in [6, 6.07) is 11.8. The zero-order valence-corrected chi connectivity index (χ0v) is 15.6. The Kier molecular flexibility index (Phi) is 6.46. The van der Waals surface area contributed by atoms with Crippen LogP contribution in [0.4, 0.5) is 20.4 Å². The SMILES string of the molecule is Fc1cccc(Cl)c1/C=N/Nc1ccc(N/N=C/c2c(F)cccc2Cl)nn1. The van der Waals surface area contributed by atoms with Crippen LogP contribution in [0.3, 0.4) is 0 Å². The summed E-state index contributed by atoms with van der Waals surface area (Å²) in [4.78, 5) is 0. The summed E-state index contributed by atoms with van der Waals surface area (Å²) < 4.78 is 27.3. The Bertz CT molecular complexity index is 902. The van der Waals surface area contributed by atoms with E-state index in [0.717, 1.165) is 0 Å². The van der Waals surface area contributed by atoms with Crippen LogP contribution in [0.25, 0.3) is 0 Å². The van der Waals surface area contributed by atoms with E-state index >= 15 is 0 Å². The zero-order chi connectivity index (χ0) is 19.9. The molecule has 0 fully saturated rings. The van der Waals surface area contributed by atoms with Crippen LogP contribution >= 0.6 is 23.2 Å². The predicted octanol–water partition coefficient (Wildman–Crippen LogP) is 4.95. The van der Waals surface area contributed by atoms with E-state index in [2.05, 4.69) is 31.3 Å². The van der Waals surface area contributed by atoms with E-state index in [0.29, 0.717) is 11.6 Å². The second-order valence-corrected chi connectivity index (χ2v) is 6.13. The van der Waals surface area contributed by atoms with Gasteiger partial charge in [-0.25, -0.2) is 8.78 Å². The van der Waals surface area contributed by atoms with Gasteiger partial charge in [-0.2, -0.15) is 10.2 Å². The van der Waals surface area contributed by atoms with E-state index in [1.807, 2.05) is 0 Å². The lowest BCUT2D eigenvalue weighted by Gasteiger charge is -2.02. The third-order valence-electron chi connectivity index (χ3n) is 3.41. The molecule has 0 atom stereocenters. The highest BCUT2D eigenvalue weighted by Gasteiger charge is 2.04. The first kappa shape index (κ1) is 19.7. The molecule has 0 aliphatic heterocycles. The topological polar surface area (TPSA) is 74.6 Å². The minimum absolute atomic E-state index is 0.157. The number of halogens is 4. The van der Waals surface area contributed by atoms with E-state index in [1.54, 1.807) is 24.3 Å². The number of benzene rings is 2. The quantitative estimate of drug-likeness (QED) is 0.436. The van der Waals surface area contributed by atoms with Crippen molar-refractivity contribution in [2.45, 2.75) is 0 Å². The van der Waals surface area contributed by atoms with Crippen LogP contribution in [0.1, 0.15) is 11.1 Å². The average molecular weight is 421 g/mol. The normalized spacial score (nSPS) is 11.3. The minimum atomic E-state index is -0.489. The van der Waals surface area contributed by atoms with Crippen LogP contribution in [-0.2, 0) is 0 Å². The van der Waals surface area contributed by atoms with Crippen LogP contribution < -0.4 is 10.9 Å². The van der Waals surface area contributed by atoms with Crippen molar-refractivity contribution >= 4 is 47.3 Å². The summed E-state index contributed by atoms with van der Waals surface area (Å²) in [7, 11) is 0. The molecule has 1 aromatic heterocycles. The molecule has 6 nitrogen and oxygen atoms in total. The molecule has 0 saturated carbocycles. The number of rotatable bonds is 6. The summed E-state index contributed by atoms with van der Waals surface area (Å²) in [5.74, 6) is -0.348. The molecule has 0 aliphatic carbocycles. The van der Waals surface area contributed by atoms with Gasteiger partial charge in [-0.3, -0.25) is 10.9 Å². The van der Waals surface area contributed by atoms with Gasteiger partial charge in [0.25, 0.3) is 0 Å². The van der Waals surface area contributed by atoms with Gasteiger partial charge < -0.3 is 0 Å². The molecule has 0 aliphatic rings. The van der Waals surface area contributed by atoms with Gasteiger partial charge >= 0.3 is 0 Å². The lowest BCUT2D eigenvalue weighted by atomic mass is 10.2. The molecule has 0 amide bonds. The molecule has 28 heavy (non-hydrogen) atoms. The maximum Gasteiger partial charge on any atom is 0.168 e. The molecular weight excluding hydrogens is 409 g/mol. The van der Waals surface area contributed by atoms with E-state index in [9.17, 15) is 8.78 Å². The summed E-state index contributed by atoms with van der Waals surface area (Å²) in [5, 5.41) is 16.0. The van der Waals surface area contributed by atoms with Gasteiger partial charge in [-0.05, 0) is 36.4 Å². The van der Waals surface area contributed by atoms with Crippen molar-refractivity contribution in [3.63, 3.8) is 0 Å². The number of hydrogen-bond donors (Lipinski definition) is 2. The molecular formula is C18H12Cl2F2N6. The molecule has 3 rings (SSSR count). The highest BCUT2D eigenvalue weighted by Crippen LogP contribution is 2.18. The Balaban J connectivity index is 1.59. The molecule has 1 heterocycles. The van der Waals surface area contributed by atoms with Gasteiger partial charge in [0.1, 0.15) is 11.6 Å². The molecule has 0 unspecified atom stereocenters. The highest BCUT2D eigenvalue weighted by molar-refractivity contribution is 6.33. The fraction of sp³-hybridized carbons (Fsp3) is 0. The van der Waals surface area contributed by atoms with E-state index in [1.165, 1.54) is 36.7 Å². The first-order chi connectivity index (χ1) is 13.5. The van der Waals surface area contributed by atoms with Crippen molar-refractivity contribution in [3.8, 4) is 0 Å². The van der Waals surface area contributed by atoms with Crippen molar-refractivity contribution < 1.29 is 8.78 Å². The number of aromatic nitrogens is 2. The number of nitrogens with one attached hydrogen (secondary N) is 2. The monoisotopic (exact) mass is 420 g/mol. The van der Waals surface area contributed by atoms with Crippen LogP contribution in [0.5, 0.6) is 0 Å². The summed E-state index contributed by atoms with van der Waals surface area (Å²) in [6.07, 6.45) is 2.49. The predicted molar refractivity (Wildman–Crippen MR) is 107 cm³/mol. The number of anilines is 2. The van der Waals surface area contributed by atoms with Crippen LogP contribution in [-0.4, -0.2) is 22.6 Å². The second kappa shape index (κ2) is 9.20. The molecule has 0 radical (unpaired) electrons. The molecule has 0 bridgehead atoms. The Hall–Kier alpha value is -3.10. The fourth-order valence-corrected chi connectivity index (χ4v) is 2.47. The molecule has 0 saturated heterocycles. The second-order valence-electron chi connectivity index (χ2n) is 5.31. The molecule has 142 valence electrons. The van der Waals surface area contributed by atoms with Crippen molar-refractivity contribution in [1.82, 2.24) is 10.2 Å². The third kappa shape index (κ3) is 4.99. The van der Waals surface area contributed by atoms with Crippen LogP contribution in [0, 0.1) is 11.6 Å². The van der Waals surface area contributed by atoms with Crippen molar-refractivity contribution in [3.05, 3.63) is 81.3 Å². The van der Waals surface area contributed by atoms with Crippen molar-refractivity contribution in [1.29, 1.82) is 0 Å². The molecule has 2 N–H and O–H groups in total. The van der Waals surface area contributed by atoms with E-state index in [-0.39, 0.29) is 21.2 Å². The summed E-state index contributed by atoms with van der Waals surface area (Å²) in [6.45, 7) is 0. The molecule has 0 spiro atoms. The Morgan fingerprint density at radius 1 is 0.714 bits per heavy atom.